The highest BCUT2D eigenvalue weighted by Gasteiger charge is 2.25. The van der Waals surface area contributed by atoms with E-state index in [4.69, 9.17) is 52.8 Å². The molecule has 0 saturated carbocycles. The molecule has 0 aliphatic heterocycles. The van der Waals surface area contributed by atoms with E-state index in [2.05, 4.69) is 110 Å². The average Bonchev–Trinajstić information content (AvgIpc) is 0.794. The number of hydrogen-bond acceptors (Lipinski definition) is 20. The van der Waals surface area contributed by atoms with Crippen molar-refractivity contribution < 1.29 is 37.9 Å². The first kappa shape index (κ1) is 87.3. The van der Waals surface area contributed by atoms with Crippen LogP contribution in [0.25, 0.3) is 89.9 Å². The van der Waals surface area contributed by atoms with Gasteiger partial charge in [0.15, 0.2) is 46.0 Å². The molecule has 24 heteroatoms. The van der Waals surface area contributed by atoms with E-state index in [0.29, 0.717) is 116 Å². The lowest BCUT2D eigenvalue weighted by atomic mass is 9.90. The molecule has 24 nitrogen and oxygen atoms in total. The van der Waals surface area contributed by atoms with Crippen LogP contribution < -0.4 is 65.4 Å². The van der Waals surface area contributed by atoms with Gasteiger partial charge in [0.05, 0.1) is 79.7 Å². The van der Waals surface area contributed by atoms with Gasteiger partial charge in [-0.25, -0.2) is 19.9 Å². The van der Waals surface area contributed by atoms with Gasteiger partial charge in [-0.1, -0.05) is 38.2 Å². The van der Waals surface area contributed by atoms with Crippen LogP contribution in [0.5, 0.6) is 46.0 Å². The van der Waals surface area contributed by atoms with Crippen molar-refractivity contribution in [2.24, 2.45) is 0 Å². The summed E-state index contributed by atoms with van der Waals surface area (Å²) in [5, 5.41) is 3.33. The van der Waals surface area contributed by atoms with E-state index in [1.165, 1.54) is 28.7 Å². The van der Waals surface area contributed by atoms with Crippen LogP contribution in [0.3, 0.4) is 0 Å². The predicted octanol–water partition coefficient (Wildman–Crippen LogP) is 16.3. The molecule has 0 fully saturated rings. The fourth-order valence-corrected chi connectivity index (χ4v) is 16.4. The average molecular weight is 1650 g/mol. The molecule has 0 saturated heterocycles. The first-order valence-corrected chi connectivity index (χ1v) is 41.8. The van der Waals surface area contributed by atoms with Gasteiger partial charge in [-0.2, -0.15) is 0 Å². The van der Waals surface area contributed by atoms with Gasteiger partial charge in [-0.15, -0.1) is 0 Å². The summed E-state index contributed by atoms with van der Waals surface area (Å²) in [6.07, 6.45) is 30.7. The molecular weight excluding hydrogens is 1540 g/mol. The standard InChI is InChI=1S/C26H31N3O3.C25H29N3O3.C24H27N3O3.C23H25N3O3/c1-5-14-28(2)21-10-6-18(7-11-21)20-9-13-25-27-22(16-26(30)29(25)17-20)19-8-12-23(31-3)24(15-19)32-4;1-5-27(2)20-10-6-17(7-11-20)19-9-13-24-26-21(15-25(29)28(24)16-19)18-8-12-22(30-3)23(14-18)31-4;1-26(2)19-9-5-16(6-10-19)18-8-12-23-25-20(14-24(28)27(23)15-18)17-7-11-21(29-3)22(13-17)30-4;1-24-18-8-4-15(5-9-18)17-7-11-22-25-19(13-23(27)26(22)14-17)16-6-10-20(28-2)21(12-16)29-3/h6,8-9,12-13,15-17,21H,5,7,10-11,14H2,1-4H3;6,8-9,12-16,20H,5,7,10-11H2,1-4H3;5,7-8,11-15,19H,6,9-10H2,1-4H3;4,6-7,10-14,18,24H,5,8-9H2,1-3H3. The zero-order valence-corrected chi connectivity index (χ0v) is 72.7. The Hall–Kier alpha value is -12.5. The Morgan fingerprint density at radius 1 is 0.336 bits per heavy atom. The van der Waals surface area contributed by atoms with Crippen LogP contribution in [-0.2, 0) is 0 Å². The van der Waals surface area contributed by atoms with Crippen LogP contribution >= 0.6 is 0 Å². The normalized spacial score (nSPS) is 16.4. The molecule has 4 aromatic carbocycles. The first-order chi connectivity index (χ1) is 59.2. The third kappa shape index (κ3) is 20.1. The Morgan fingerprint density at radius 2 is 0.607 bits per heavy atom. The van der Waals surface area contributed by atoms with Crippen molar-refractivity contribution in [2.75, 3.05) is 105 Å². The second kappa shape index (κ2) is 40.3. The summed E-state index contributed by atoms with van der Waals surface area (Å²) in [7, 11) is 23.4. The number of nitrogens with one attached hydrogen (secondary N) is 1. The third-order valence-electron chi connectivity index (χ3n) is 23.9. The van der Waals surface area contributed by atoms with Crippen LogP contribution in [-0.4, -0.2) is 182 Å². The number of fused-ring (bicyclic) bond motifs is 4. The van der Waals surface area contributed by atoms with Gasteiger partial charge in [-0.3, -0.25) is 36.8 Å². The Kier molecular flexibility index (Phi) is 28.8. The lowest BCUT2D eigenvalue weighted by Gasteiger charge is -2.30. The Balaban J connectivity index is 0.000000140. The van der Waals surface area contributed by atoms with E-state index in [9.17, 15) is 19.2 Å². The van der Waals surface area contributed by atoms with Gasteiger partial charge in [0, 0.05) is 95.5 Å². The van der Waals surface area contributed by atoms with Crippen molar-refractivity contribution in [3.8, 4) is 91.0 Å². The molecule has 12 aromatic rings. The van der Waals surface area contributed by atoms with E-state index >= 15 is 0 Å². The molecule has 4 aliphatic carbocycles. The number of rotatable bonds is 23. The molecule has 0 amide bonds. The monoisotopic (exact) mass is 1650 g/mol. The summed E-state index contributed by atoms with van der Waals surface area (Å²) in [6.45, 7) is 6.61. The van der Waals surface area contributed by atoms with Gasteiger partial charge < -0.3 is 57.9 Å². The van der Waals surface area contributed by atoms with Crippen LogP contribution in [0, 0.1) is 0 Å². The summed E-state index contributed by atoms with van der Waals surface area (Å²) in [6, 6.07) is 46.6. The molecule has 1 N–H and O–H groups in total. The van der Waals surface area contributed by atoms with Crippen molar-refractivity contribution in [2.45, 2.75) is 121 Å². The first-order valence-electron chi connectivity index (χ1n) is 41.8. The summed E-state index contributed by atoms with van der Waals surface area (Å²) >= 11 is 0. The second-order valence-corrected chi connectivity index (χ2v) is 31.3. The molecule has 8 heterocycles. The highest BCUT2D eigenvalue weighted by Crippen LogP contribution is 2.39. The quantitative estimate of drug-likeness (QED) is 0.0627. The van der Waals surface area contributed by atoms with Gasteiger partial charge in [0.25, 0.3) is 22.2 Å². The van der Waals surface area contributed by atoms with Gasteiger partial charge in [0.1, 0.15) is 22.6 Å². The lowest BCUT2D eigenvalue weighted by Crippen LogP contribution is -2.33. The summed E-state index contributed by atoms with van der Waals surface area (Å²) in [5.41, 5.74) is 17.3. The predicted molar refractivity (Wildman–Crippen MR) is 486 cm³/mol. The van der Waals surface area contributed by atoms with Crippen molar-refractivity contribution >= 4 is 44.9 Å². The molecule has 0 bridgehead atoms. The topological polar surface area (TPSA) is 233 Å². The minimum Gasteiger partial charge on any atom is -0.493 e. The molecular formula is C98H112N12O12. The van der Waals surface area contributed by atoms with Crippen LogP contribution in [0.4, 0.5) is 0 Å². The Labute approximate surface area is 712 Å². The van der Waals surface area contributed by atoms with E-state index in [1.54, 1.807) is 98.7 Å². The number of ether oxygens (including phenoxy) is 8. The smallest absolute Gasteiger partial charge is 0.258 e. The number of aromatic nitrogens is 8. The van der Waals surface area contributed by atoms with Gasteiger partial charge >= 0.3 is 0 Å². The van der Waals surface area contributed by atoms with E-state index in [0.717, 1.165) is 135 Å². The highest BCUT2D eigenvalue weighted by atomic mass is 16.5. The minimum absolute atomic E-state index is 0.0985. The maximum absolute atomic E-state index is 12.9. The molecule has 122 heavy (non-hydrogen) atoms. The summed E-state index contributed by atoms with van der Waals surface area (Å²) in [4.78, 5) is 77.5. The summed E-state index contributed by atoms with van der Waals surface area (Å²) in [5.74, 6) is 4.98. The second-order valence-electron chi connectivity index (χ2n) is 31.3. The number of pyridine rings is 4. The maximum Gasteiger partial charge on any atom is 0.258 e. The molecule has 8 aromatic heterocycles. The van der Waals surface area contributed by atoms with Crippen LogP contribution in [0.15, 0.2) is 214 Å². The number of nitrogens with zero attached hydrogens (tertiary/aromatic N) is 11. The van der Waals surface area contributed by atoms with E-state index in [1.807, 2.05) is 135 Å². The van der Waals surface area contributed by atoms with Crippen molar-refractivity contribution in [3.63, 3.8) is 0 Å². The zero-order valence-electron chi connectivity index (χ0n) is 72.7. The maximum atomic E-state index is 12.9. The fraction of sp³-hybridized carbons (Fsp3) is 0.347. The molecule has 0 spiro atoms. The summed E-state index contributed by atoms with van der Waals surface area (Å²) < 4.78 is 49.2. The fourth-order valence-electron chi connectivity index (χ4n) is 16.4. The van der Waals surface area contributed by atoms with Gasteiger partial charge in [-0.05, 0) is 298 Å². The molecule has 0 radical (unpaired) electrons. The van der Waals surface area contributed by atoms with Gasteiger partial charge in [0.2, 0.25) is 0 Å². The molecule has 16 rings (SSSR count). The molecule has 636 valence electrons. The number of methoxy groups -OCH3 is 8. The van der Waals surface area contributed by atoms with Crippen LogP contribution in [0.2, 0.25) is 0 Å². The lowest BCUT2D eigenvalue weighted by molar-refractivity contribution is 0.229. The number of allylic oxidation sites excluding steroid dienone is 4. The molecule has 4 unspecified atom stereocenters. The minimum atomic E-state index is -0.105. The van der Waals surface area contributed by atoms with E-state index in [-0.39, 0.29) is 22.2 Å². The van der Waals surface area contributed by atoms with Crippen molar-refractivity contribution in [1.29, 1.82) is 0 Å². The Morgan fingerprint density at radius 3 is 0.844 bits per heavy atom. The molecule has 4 atom stereocenters. The van der Waals surface area contributed by atoms with Crippen molar-refractivity contribution in [1.82, 2.24) is 57.6 Å². The number of hydrogen-bond donors (Lipinski definition) is 1. The van der Waals surface area contributed by atoms with Crippen LogP contribution in [0.1, 0.15) is 120 Å². The largest absolute Gasteiger partial charge is 0.493 e. The SMILES string of the molecule is CCCN(C)C1CC=C(c2ccc3nc(-c4ccc(OC)c(OC)c4)cc(=O)n3c2)CC1.CCN(C)C1CC=C(c2ccc3nc(-c4ccc(OC)c(OC)c4)cc(=O)n3c2)CC1.CNC1CC=C(c2ccc3nc(-c4ccc(OC)c(OC)c4)cc(=O)n3c2)CC1.COc1ccc(-c2cc(=O)n3cc(C4=CCC(N(C)C)CC4)ccc3n2)cc1OC. The molecule has 4 aliphatic rings. The number of benzene rings is 4. The third-order valence-corrected chi connectivity index (χ3v) is 23.9. The Bertz CT molecular complexity index is 6160. The highest BCUT2D eigenvalue weighted by molar-refractivity contribution is 5.74. The van der Waals surface area contributed by atoms with Crippen molar-refractivity contribution in [3.05, 3.63) is 258 Å². The zero-order chi connectivity index (χ0) is 86.3. The van der Waals surface area contributed by atoms with E-state index < -0.39 is 0 Å².